The summed E-state index contributed by atoms with van der Waals surface area (Å²) in [6, 6.07) is 7.74. The molecule has 0 atom stereocenters. The Balaban J connectivity index is 2.69. The van der Waals surface area contributed by atoms with E-state index in [0.29, 0.717) is 11.2 Å². The highest BCUT2D eigenvalue weighted by Crippen LogP contribution is 2.13. The predicted octanol–water partition coefficient (Wildman–Crippen LogP) is 1.66. The van der Waals surface area contributed by atoms with Crippen LogP contribution in [0, 0.1) is 11.2 Å². The summed E-state index contributed by atoms with van der Waals surface area (Å²) >= 11 is 0. The Morgan fingerprint density at radius 1 is 1.29 bits per heavy atom. The van der Waals surface area contributed by atoms with E-state index in [-0.39, 0.29) is 11.7 Å². The molecule has 3 N–H and O–H groups in total. The second-order valence-corrected chi connectivity index (χ2v) is 2.95. The van der Waals surface area contributed by atoms with Crippen LogP contribution in [-0.2, 0) is 0 Å². The normalized spacial score (nSPS) is 10.4. The van der Waals surface area contributed by atoms with Gasteiger partial charge in [-0.3, -0.25) is 5.41 Å². The van der Waals surface area contributed by atoms with Crippen LogP contribution in [0.5, 0.6) is 0 Å². The number of amidine groups is 1. The van der Waals surface area contributed by atoms with Crippen molar-refractivity contribution in [3.05, 3.63) is 41.8 Å². The number of hydrogen-bond acceptors (Lipinski definition) is 2. The maximum Gasteiger partial charge on any atom is 0.141 e. The molecule has 2 aromatic rings. The van der Waals surface area contributed by atoms with E-state index in [9.17, 15) is 4.39 Å². The number of nitrogens with two attached hydrogens (primary N) is 1. The van der Waals surface area contributed by atoms with Gasteiger partial charge in [0.2, 0.25) is 0 Å². The molecule has 70 valence electrons. The SMILES string of the molecule is N=C(N)c1ccc2ccc(F)cc2n1. The molecule has 0 unspecified atom stereocenters. The molecule has 4 heteroatoms. The van der Waals surface area contributed by atoms with Crippen LogP contribution in [0.3, 0.4) is 0 Å². The smallest absolute Gasteiger partial charge is 0.141 e. The Labute approximate surface area is 79.9 Å². The van der Waals surface area contributed by atoms with Gasteiger partial charge in [0.05, 0.1) is 5.52 Å². The maximum atomic E-state index is 12.8. The third-order valence-electron chi connectivity index (χ3n) is 1.93. The number of pyridine rings is 1. The van der Waals surface area contributed by atoms with Gasteiger partial charge >= 0.3 is 0 Å². The highest BCUT2D eigenvalue weighted by atomic mass is 19.1. The Kier molecular flexibility index (Phi) is 1.89. The van der Waals surface area contributed by atoms with Crippen LogP contribution in [0.15, 0.2) is 30.3 Å². The standard InChI is InChI=1S/C10H8FN3/c11-7-3-1-6-2-4-8(10(12)13)14-9(6)5-7/h1-5H,(H3,12,13). The van der Waals surface area contributed by atoms with Gasteiger partial charge in [0, 0.05) is 11.5 Å². The van der Waals surface area contributed by atoms with Crippen molar-refractivity contribution in [2.45, 2.75) is 0 Å². The number of nitrogens with one attached hydrogen (secondary N) is 1. The van der Waals surface area contributed by atoms with Gasteiger partial charge in [-0.2, -0.15) is 0 Å². The minimum absolute atomic E-state index is 0.115. The van der Waals surface area contributed by atoms with Crippen molar-refractivity contribution >= 4 is 16.7 Å². The first-order chi connectivity index (χ1) is 6.66. The zero-order chi connectivity index (χ0) is 10.1. The fraction of sp³-hybridized carbons (Fsp3) is 0. The molecule has 0 radical (unpaired) electrons. The van der Waals surface area contributed by atoms with Crippen LogP contribution < -0.4 is 5.73 Å². The number of nitrogens with zero attached hydrogens (tertiary/aromatic N) is 1. The second-order valence-electron chi connectivity index (χ2n) is 2.95. The first-order valence-electron chi connectivity index (χ1n) is 4.07. The molecule has 2 rings (SSSR count). The second kappa shape index (κ2) is 3.06. The number of fused-ring (bicyclic) bond motifs is 1. The monoisotopic (exact) mass is 189 g/mol. The fourth-order valence-electron chi connectivity index (χ4n) is 1.24. The number of halogens is 1. The quantitative estimate of drug-likeness (QED) is 0.529. The molecular weight excluding hydrogens is 181 g/mol. The van der Waals surface area contributed by atoms with Crippen LogP contribution in [0.1, 0.15) is 5.69 Å². The highest BCUT2D eigenvalue weighted by Gasteiger charge is 2.01. The topological polar surface area (TPSA) is 62.8 Å². The Morgan fingerprint density at radius 3 is 2.71 bits per heavy atom. The number of benzene rings is 1. The van der Waals surface area contributed by atoms with E-state index < -0.39 is 0 Å². The molecule has 0 aliphatic heterocycles. The van der Waals surface area contributed by atoms with Crippen molar-refractivity contribution in [3.8, 4) is 0 Å². The van der Waals surface area contributed by atoms with Crippen molar-refractivity contribution < 1.29 is 4.39 Å². The largest absolute Gasteiger partial charge is 0.382 e. The van der Waals surface area contributed by atoms with E-state index in [1.165, 1.54) is 12.1 Å². The average Bonchev–Trinajstić information content (AvgIpc) is 2.16. The number of rotatable bonds is 1. The minimum Gasteiger partial charge on any atom is -0.382 e. The molecule has 1 aromatic carbocycles. The van der Waals surface area contributed by atoms with Gasteiger partial charge in [-0.15, -0.1) is 0 Å². The molecule has 0 amide bonds. The summed E-state index contributed by atoms with van der Waals surface area (Å²) in [5, 5.41) is 8.02. The van der Waals surface area contributed by atoms with Crippen molar-refractivity contribution in [3.63, 3.8) is 0 Å². The summed E-state index contributed by atoms with van der Waals surface area (Å²) in [5.74, 6) is -0.457. The molecule has 1 aromatic heterocycles. The van der Waals surface area contributed by atoms with Gasteiger partial charge in [0.1, 0.15) is 17.3 Å². The molecule has 0 saturated heterocycles. The number of hydrogen-bond donors (Lipinski definition) is 2. The van der Waals surface area contributed by atoms with E-state index in [4.69, 9.17) is 11.1 Å². The van der Waals surface area contributed by atoms with Gasteiger partial charge in [0.25, 0.3) is 0 Å². The zero-order valence-electron chi connectivity index (χ0n) is 7.29. The first-order valence-corrected chi connectivity index (χ1v) is 4.07. The van der Waals surface area contributed by atoms with Crippen LogP contribution in [0.25, 0.3) is 10.9 Å². The molecule has 1 heterocycles. The van der Waals surface area contributed by atoms with Gasteiger partial charge < -0.3 is 5.73 Å². The molecular formula is C10H8FN3. The highest BCUT2D eigenvalue weighted by molar-refractivity contribution is 5.95. The predicted molar refractivity (Wildman–Crippen MR) is 52.7 cm³/mol. The summed E-state index contributed by atoms with van der Waals surface area (Å²) in [6.07, 6.45) is 0. The fourth-order valence-corrected chi connectivity index (χ4v) is 1.24. The lowest BCUT2D eigenvalue weighted by Gasteiger charge is -2.00. The van der Waals surface area contributed by atoms with Crippen LogP contribution in [0.2, 0.25) is 0 Å². The number of aromatic nitrogens is 1. The summed E-state index contributed by atoms with van der Waals surface area (Å²) < 4.78 is 12.8. The van der Waals surface area contributed by atoms with Gasteiger partial charge in [-0.25, -0.2) is 9.37 Å². The third-order valence-corrected chi connectivity index (χ3v) is 1.93. The summed E-state index contributed by atoms with van der Waals surface area (Å²) in [7, 11) is 0. The van der Waals surface area contributed by atoms with Crippen molar-refractivity contribution in [1.29, 1.82) is 5.41 Å². The van der Waals surface area contributed by atoms with Crippen molar-refractivity contribution in [1.82, 2.24) is 4.98 Å². The van der Waals surface area contributed by atoms with Crippen LogP contribution in [0.4, 0.5) is 4.39 Å². The third kappa shape index (κ3) is 1.42. The Hall–Kier alpha value is -1.97. The molecule has 14 heavy (non-hydrogen) atoms. The molecule has 0 aliphatic rings. The van der Waals surface area contributed by atoms with Gasteiger partial charge in [0.15, 0.2) is 0 Å². The van der Waals surface area contributed by atoms with Crippen molar-refractivity contribution in [2.75, 3.05) is 0 Å². The molecule has 0 spiro atoms. The van der Waals surface area contributed by atoms with E-state index in [2.05, 4.69) is 4.98 Å². The Morgan fingerprint density at radius 2 is 2.00 bits per heavy atom. The Bertz CT molecular complexity index is 508. The number of nitrogen functional groups attached to an aromatic ring is 1. The molecule has 3 nitrogen and oxygen atoms in total. The molecule has 0 aliphatic carbocycles. The minimum atomic E-state index is -0.342. The van der Waals surface area contributed by atoms with E-state index in [0.717, 1.165) is 5.39 Å². The van der Waals surface area contributed by atoms with Crippen molar-refractivity contribution in [2.24, 2.45) is 5.73 Å². The summed E-state index contributed by atoms with van der Waals surface area (Å²) in [4.78, 5) is 4.05. The lowest BCUT2D eigenvalue weighted by atomic mass is 10.2. The van der Waals surface area contributed by atoms with Crippen LogP contribution in [-0.4, -0.2) is 10.8 Å². The maximum absolute atomic E-state index is 12.8. The van der Waals surface area contributed by atoms with Gasteiger partial charge in [-0.05, 0) is 18.2 Å². The molecule has 0 saturated carbocycles. The van der Waals surface area contributed by atoms with E-state index in [1.54, 1.807) is 18.2 Å². The summed E-state index contributed by atoms with van der Waals surface area (Å²) in [5.41, 5.74) is 6.15. The lowest BCUT2D eigenvalue weighted by Crippen LogP contribution is -2.12. The first kappa shape index (κ1) is 8.62. The molecule has 0 bridgehead atoms. The van der Waals surface area contributed by atoms with E-state index in [1.807, 2.05) is 0 Å². The molecule has 0 fully saturated rings. The average molecular weight is 189 g/mol. The summed E-state index contributed by atoms with van der Waals surface area (Å²) in [6.45, 7) is 0. The van der Waals surface area contributed by atoms with Gasteiger partial charge in [-0.1, -0.05) is 6.07 Å². The van der Waals surface area contributed by atoms with E-state index >= 15 is 0 Å². The zero-order valence-corrected chi connectivity index (χ0v) is 7.29. The lowest BCUT2D eigenvalue weighted by molar-refractivity contribution is 0.629. The van der Waals surface area contributed by atoms with Crippen LogP contribution >= 0.6 is 0 Å².